The van der Waals surface area contributed by atoms with E-state index in [4.69, 9.17) is 15.2 Å². The summed E-state index contributed by atoms with van der Waals surface area (Å²) in [5.41, 5.74) is 4.91. The van der Waals surface area contributed by atoms with Crippen LogP contribution in [-0.4, -0.2) is 42.4 Å². The molecule has 0 radical (unpaired) electrons. The van der Waals surface area contributed by atoms with Crippen LogP contribution in [0, 0.1) is 5.92 Å². The second-order valence-corrected chi connectivity index (χ2v) is 7.68. The number of anilines is 1. The molecule has 2 aliphatic heterocycles. The number of alkyl halides is 3. The zero-order valence-electron chi connectivity index (χ0n) is 15.0. The Hall–Kier alpha value is -2.66. The quantitative estimate of drug-likeness (QED) is 0.770. The van der Waals surface area contributed by atoms with E-state index in [1.807, 2.05) is 0 Å². The first-order chi connectivity index (χ1) is 13.8. The van der Waals surface area contributed by atoms with Gasteiger partial charge in [0.25, 0.3) is 11.9 Å². The van der Waals surface area contributed by atoms with Crippen molar-refractivity contribution in [1.82, 2.24) is 10.3 Å². The Labute approximate surface area is 167 Å². The van der Waals surface area contributed by atoms with Crippen LogP contribution in [0.5, 0.6) is 0 Å². The Morgan fingerprint density at radius 1 is 1.31 bits per heavy atom. The van der Waals surface area contributed by atoms with Crippen molar-refractivity contribution in [2.45, 2.75) is 24.2 Å². The molecule has 7 nitrogen and oxygen atoms in total. The molecule has 3 N–H and O–H groups in total. The van der Waals surface area contributed by atoms with Crippen LogP contribution in [0.3, 0.4) is 0 Å². The van der Waals surface area contributed by atoms with Gasteiger partial charge in [0, 0.05) is 16.9 Å². The topological polar surface area (TPSA) is 98.8 Å². The number of aromatic nitrogens is 1. The normalized spacial score (nSPS) is 26.8. The third-order valence-electron chi connectivity index (χ3n) is 4.91. The Balaban J connectivity index is 1.65. The van der Waals surface area contributed by atoms with Crippen molar-refractivity contribution < 1.29 is 27.4 Å². The summed E-state index contributed by atoms with van der Waals surface area (Å²) in [6.45, 7) is -0.411. The van der Waals surface area contributed by atoms with E-state index in [2.05, 4.69) is 15.3 Å². The first-order valence-corrected chi connectivity index (χ1v) is 9.65. The Morgan fingerprint density at radius 3 is 2.72 bits per heavy atom. The number of thiazole rings is 1. The van der Waals surface area contributed by atoms with Crippen LogP contribution in [0.1, 0.15) is 21.8 Å². The van der Waals surface area contributed by atoms with Gasteiger partial charge in [0.15, 0.2) is 6.10 Å². The van der Waals surface area contributed by atoms with Crippen molar-refractivity contribution in [2.75, 3.05) is 18.9 Å². The Morgan fingerprint density at radius 2 is 2.07 bits per heavy atom. The van der Waals surface area contributed by atoms with Crippen molar-refractivity contribution in [3.8, 4) is 0 Å². The van der Waals surface area contributed by atoms with Crippen LogP contribution < -0.4 is 11.1 Å². The summed E-state index contributed by atoms with van der Waals surface area (Å²) in [6.07, 6.45) is -6.72. The molecule has 2 aliphatic rings. The molecule has 3 heterocycles. The number of ether oxygens (including phenoxy) is 2. The molecule has 2 aromatic rings. The van der Waals surface area contributed by atoms with Crippen LogP contribution in [0.15, 0.2) is 40.7 Å². The van der Waals surface area contributed by atoms with Gasteiger partial charge in [-0.1, -0.05) is 18.2 Å². The Kier molecular flexibility index (Phi) is 4.95. The summed E-state index contributed by atoms with van der Waals surface area (Å²) in [6, 6.07) is 8.35. The van der Waals surface area contributed by atoms with Crippen molar-refractivity contribution in [1.29, 1.82) is 0 Å². The second-order valence-electron chi connectivity index (χ2n) is 6.82. The highest BCUT2D eigenvalue weighted by atomic mass is 32.1. The predicted molar refractivity (Wildman–Crippen MR) is 99.4 cm³/mol. The summed E-state index contributed by atoms with van der Waals surface area (Å²) in [5.74, 6) is -0.833. The first kappa shape index (κ1) is 19.6. The number of benzene rings is 1. The summed E-state index contributed by atoms with van der Waals surface area (Å²) < 4.78 is 50.2. The first-order valence-electron chi connectivity index (χ1n) is 8.77. The zero-order valence-corrected chi connectivity index (χ0v) is 15.8. The molecule has 3 atom stereocenters. The fraction of sp³-hybridized carbons (Fsp3) is 0.389. The van der Waals surface area contributed by atoms with Crippen molar-refractivity contribution in [3.63, 3.8) is 0 Å². The number of carbonyl (C=O) groups is 1. The van der Waals surface area contributed by atoms with Crippen LogP contribution in [-0.2, 0) is 15.0 Å². The summed E-state index contributed by atoms with van der Waals surface area (Å²) in [4.78, 5) is 21.1. The largest absolute Gasteiger partial charge is 0.465 e. The summed E-state index contributed by atoms with van der Waals surface area (Å²) in [7, 11) is 0. The van der Waals surface area contributed by atoms with E-state index >= 15 is 0 Å². The smallest absolute Gasteiger partial charge is 0.414 e. The van der Waals surface area contributed by atoms with Gasteiger partial charge in [0.1, 0.15) is 16.4 Å². The lowest BCUT2D eigenvalue weighted by molar-refractivity contribution is -0.249. The highest BCUT2D eigenvalue weighted by Crippen LogP contribution is 2.47. The third-order valence-corrected chi connectivity index (χ3v) is 5.94. The molecule has 154 valence electrons. The maximum absolute atomic E-state index is 13.2. The van der Waals surface area contributed by atoms with Crippen molar-refractivity contribution in [3.05, 3.63) is 46.3 Å². The number of hydrogen-bond acceptors (Lipinski definition) is 7. The molecule has 11 heteroatoms. The average Bonchev–Trinajstić information content (AvgIpc) is 3.14. The summed E-state index contributed by atoms with van der Waals surface area (Å²) in [5, 5.41) is 4.58. The molecule has 1 fully saturated rings. The van der Waals surface area contributed by atoms with Gasteiger partial charge in [-0.3, -0.25) is 10.1 Å². The third kappa shape index (κ3) is 3.79. The van der Waals surface area contributed by atoms with Crippen molar-refractivity contribution >= 4 is 29.1 Å². The number of nitrogens with two attached hydrogens (primary N) is 1. The number of nitrogen functional groups attached to an aromatic ring is 1. The highest BCUT2D eigenvalue weighted by Gasteiger charge is 2.56. The number of nitrogens with one attached hydrogen (secondary N) is 1. The van der Waals surface area contributed by atoms with E-state index < -0.39 is 29.6 Å². The van der Waals surface area contributed by atoms with Crippen LogP contribution in [0.4, 0.5) is 19.0 Å². The molecule has 3 unspecified atom stereocenters. The minimum Gasteiger partial charge on any atom is -0.465 e. The number of halogens is 3. The molecular formula is C18H17F3N4O3S. The monoisotopic (exact) mass is 426 g/mol. The molecule has 0 spiro atoms. The van der Waals surface area contributed by atoms with E-state index in [1.54, 1.807) is 35.7 Å². The molecule has 1 aromatic heterocycles. The van der Waals surface area contributed by atoms with E-state index in [1.165, 1.54) is 11.3 Å². The number of amidine groups is 1. The second kappa shape index (κ2) is 7.30. The number of aliphatic imine (C=N–C) groups is 1. The van der Waals surface area contributed by atoms with Gasteiger partial charge < -0.3 is 15.2 Å². The minimum atomic E-state index is -4.49. The number of carbonyl (C=O) groups excluding carboxylic acids is 1. The maximum Gasteiger partial charge on any atom is 0.414 e. The molecule has 29 heavy (non-hydrogen) atoms. The van der Waals surface area contributed by atoms with E-state index in [0.29, 0.717) is 10.6 Å². The van der Waals surface area contributed by atoms with Gasteiger partial charge >= 0.3 is 6.18 Å². The number of nitrogens with zero attached hydrogens (tertiary/aromatic N) is 2. The molecule has 0 saturated carbocycles. The molecule has 4 rings (SSSR count). The van der Waals surface area contributed by atoms with Crippen molar-refractivity contribution in [2.24, 2.45) is 10.9 Å². The van der Waals surface area contributed by atoms with E-state index in [0.717, 1.165) is 0 Å². The highest BCUT2D eigenvalue weighted by molar-refractivity contribution is 7.10. The van der Waals surface area contributed by atoms with E-state index in [-0.39, 0.29) is 31.5 Å². The number of hydrogen-bond donors (Lipinski definition) is 2. The molecule has 0 aliphatic carbocycles. The van der Waals surface area contributed by atoms with Gasteiger partial charge in [0.2, 0.25) is 0 Å². The average molecular weight is 426 g/mol. The standard InChI is InChI=1S/C18H17F3N4O3S/c19-18(20,21)12-6-11-7-27-16(24-14(26)10-4-2-1-3-5-10)25-17(11,9-28-12)15-23-13(22)8-29-15/h1-5,8,11-12H,6-7,9,22H2,(H,24,25,26). The lowest BCUT2D eigenvalue weighted by Crippen LogP contribution is -2.55. The fourth-order valence-corrected chi connectivity index (χ4v) is 4.33. The molecular weight excluding hydrogens is 409 g/mol. The van der Waals surface area contributed by atoms with E-state index in [9.17, 15) is 18.0 Å². The minimum absolute atomic E-state index is 0.0661. The van der Waals surface area contributed by atoms with Gasteiger partial charge in [-0.15, -0.1) is 11.3 Å². The predicted octanol–water partition coefficient (Wildman–Crippen LogP) is 2.70. The fourth-order valence-electron chi connectivity index (χ4n) is 3.41. The zero-order chi connectivity index (χ0) is 20.6. The molecule has 1 amide bonds. The summed E-state index contributed by atoms with van der Waals surface area (Å²) >= 11 is 1.19. The molecule has 1 saturated heterocycles. The Bertz CT molecular complexity index is 934. The van der Waals surface area contributed by atoms with Crippen LogP contribution in [0.25, 0.3) is 0 Å². The van der Waals surface area contributed by atoms with Gasteiger partial charge in [-0.2, -0.15) is 13.2 Å². The molecule has 0 bridgehead atoms. The van der Waals surface area contributed by atoms with Crippen LogP contribution in [0.2, 0.25) is 0 Å². The number of amides is 1. The van der Waals surface area contributed by atoms with Gasteiger partial charge in [-0.25, -0.2) is 9.98 Å². The lowest BCUT2D eigenvalue weighted by Gasteiger charge is -2.45. The number of fused-ring (bicyclic) bond motifs is 1. The van der Waals surface area contributed by atoms with Crippen LogP contribution >= 0.6 is 11.3 Å². The SMILES string of the molecule is Nc1csc(C23COC(C(F)(F)F)CC2COC(NC(=O)c2ccccc2)=N3)n1. The van der Waals surface area contributed by atoms with Gasteiger partial charge in [-0.05, 0) is 18.6 Å². The molecule has 1 aromatic carbocycles. The van der Waals surface area contributed by atoms with Gasteiger partial charge in [0.05, 0.1) is 13.2 Å². The maximum atomic E-state index is 13.2. The lowest BCUT2D eigenvalue weighted by atomic mass is 9.79. The number of rotatable bonds is 2.